The Labute approximate surface area is 61.3 Å². The van der Waals surface area contributed by atoms with E-state index in [0.717, 1.165) is 0 Å². The molecule has 10 heavy (non-hydrogen) atoms. The van der Waals surface area contributed by atoms with Gasteiger partial charge in [-0.25, -0.2) is 0 Å². The molecule has 0 bridgehead atoms. The summed E-state index contributed by atoms with van der Waals surface area (Å²) < 4.78 is 9.51. The zero-order valence-corrected chi connectivity index (χ0v) is 6.72. The lowest BCUT2D eigenvalue weighted by atomic mass is 10.2. The van der Waals surface area contributed by atoms with Gasteiger partial charge in [-0.15, -0.1) is 0 Å². The molecule has 0 amide bonds. The number of carbonyl (C=O) groups excluding carboxylic acids is 1. The summed E-state index contributed by atoms with van der Waals surface area (Å²) in [4.78, 5) is 10.8. The van der Waals surface area contributed by atoms with Crippen LogP contribution < -0.4 is 0 Å². The summed E-state index contributed by atoms with van der Waals surface area (Å²) in [6.45, 7) is 4.44. The first kappa shape index (κ1) is 9.43. The van der Waals surface area contributed by atoms with Crippen molar-refractivity contribution < 1.29 is 14.3 Å². The van der Waals surface area contributed by atoms with Crippen molar-refractivity contribution in [3.8, 4) is 0 Å². The largest absolute Gasteiger partial charge is 0.466 e. The molecule has 0 aliphatic rings. The molecule has 3 nitrogen and oxygen atoms in total. The Balaban J connectivity index is 3.49. The van der Waals surface area contributed by atoms with E-state index in [1.54, 1.807) is 21.0 Å². The van der Waals surface area contributed by atoms with Gasteiger partial charge in [0, 0.05) is 7.11 Å². The topological polar surface area (TPSA) is 35.5 Å². The van der Waals surface area contributed by atoms with E-state index in [-0.39, 0.29) is 11.9 Å². The van der Waals surface area contributed by atoms with Gasteiger partial charge in [-0.3, -0.25) is 4.79 Å². The van der Waals surface area contributed by atoms with Crippen molar-refractivity contribution in [3.63, 3.8) is 0 Å². The maximum Gasteiger partial charge on any atom is 0.310 e. The first-order valence-electron chi connectivity index (χ1n) is 3.38. The third kappa shape index (κ3) is 3.45. The second-order valence-electron chi connectivity index (χ2n) is 2.11. The fourth-order valence-corrected chi connectivity index (χ4v) is 0.603. The quantitative estimate of drug-likeness (QED) is 0.551. The molecule has 0 aromatic heterocycles. The first-order chi connectivity index (χ1) is 4.72. The third-order valence-corrected chi connectivity index (χ3v) is 1.11. The van der Waals surface area contributed by atoms with Crippen LogP contribution in [-0.2, 0) is 14.3 Å². The van der Waals surface area contributed by atoms with Crippen LogP contribution in [0.4, 0.5) is 0 Å². The summed E-state index contributed by atoms with van der Waals surface area (Å²) in [7, 11) is 1.57. The molecule has 1 atom stereocenters. The maximum atomic E-state index is 10.8. The first-order valence-corrected chi connectivity index (χ1v) is 3.38. The van der Waals surface area contributed by atoms with Crippen LogP contribution in [0.25, 0.3) is 0 Å². The number of rotatable bonds is 4. The summed E-state index contributed by atoms with van der Waals surface area (Å²) in [5.74, 6) is -0.339. The third-order valence-electron chi connectivity index (χ3n) is 1.11. The van der Waals surface area contributed by atoms with E-state index in [9.17, 15) is 4.79 Å². The Kier molecular flexibility index (Phi) is 4.94. The molecular weight excluding hydrogens is 132 g/mol. The minimum absolute atomic E-state index is 0.148. The zero-order chi connectivity index (χ0) is 7.98. The van der Waals surface area contributed by atoms with Gasteiger partial charge < -0.3 is 9.47 Å². The van der Waals surface area contributed by atoms with Gasteiger partial charge in [0.05, 0.1) is 19.1 Å². The Bertz CT molecular complexity index is 101. The van der Waals surface area contributed by atoms with Gasteiger partial charge in [0.25, 0.3) is 0 Å². The van der Waals surface area contributed by atoms with Crippen LogP contribution in [0.15, 0.2) is 0 Å². The number of methoxy groups -OCH3 is 1. The highest BCUT2D eigenvalue weighted by Crippen LogP contribution is 1.97. The van der Waals surface area contributed by atoms with Gasteiger partial charge in [0.1, 0.15) is 0 Å². The Morgan fingerprint density at radius 3 is 2.60 bits per heavy atom. The van der Waals surface area contributed by atoms with Crippen molar-refractivity contribution in [2.75, 3.05) is 20.3 Å². The predicted octanol–water partition coefficient (Wildman–Crippen LogP) is 0.832. The van der Waals surface area contributed by atoms with Gasteiger partial charge in [0.2, 0.25) is 0 Å². The minimum Gasteiger partial charge on any atom is -0.466 e. The zero-order valence-electron chi connectivity index (χ0n) is 6.72. The van der Waals surface area contributed by atoms with E-state index >= 15 is 0 Å². The molecule has 1 unspecified atom stereocenters. The molecule has 0 rings (SSSR count). The number of hydrogen-bond acceptors (Lipinski definition) is 3. The molecule has 0 aliphatic heterocycles. The van der Waals surface area contributed by atoms with Gasteiger partial charge >= 0.3 is 5.97 Å². The van der Waals surface area contributed by atoms with Gasteiger partial charge in [-0.1, -0.05) is 0 Å². The summed E-state index contributed by atoms with van der Waals surface area (Å²) >= 11 is 0. The average molecular weight is 146 g/mol. The Morgan fingerprint density at radius 1 is 1.60 bits per heavy atom. The molecule has 0 radical (unpaired) electrons. The maximum absolute atomic E-state index is 10.8. The van der Waals surface area contributed by atoms with Crippen LogP contribution in [-0.4, -0.2) is 26.3 Å². The molecule has 0 aromatic rings. The second kappa shape index (κ2) is 5.23. The molecular formula is C7H14O3. The highest BCUT2D eigenvalue weighted by molar-refractivity contribution is 5.72. The van der Waals surface area contributed by atoms with E-state index in [0.29, 0.717) is 13.2 Å². The molecule has 0 aromatic carbocycles. The fraction of sp³-hybridized carbons (Fsp3) is 0.857. The van der Waals surface area contributed by atoms with E-state index in [1.165, 1.54) is 0 Å². The summed E-state index contributed by atoms with van der Waals surface area (Å²) in [5, 5.41) is 0. The number of carbonyl (C=O) groups is 1. The summed E-state index contributed by atoms with van der Waals surface area (Å²) in [5.41, 5.74) is 0. The van der Waals surface area contributed by atoms with E-state index < -0.39 is 0 Å². The lowest BCUT2D eigenvalue weighted by Crippen LogP contribution is -2.18. The van der Waals surface area contributed by atoms with Gasteiger partial charge in [-0.05, 0) is 13.8 Å². The second-order valence-corrected chi connectivity index (χ2v) is 2.11. The predicted molar refractivity (Wildman–Crippen MR) is 37.7 cm³/mol. The van der Waals surface area contributed by atoms with Crippen LogP contribution in [0, 0.1) is 5.92 Å². The van der Waals surface area contributed by atoms with E-state index in [4.69, 9.17) is 9.47 Å². The number of ether oxygens (including phenoxy) is 2. The summed E-state index contributed by atoms with van der Waals surface area (Å²) in [6.07, 6.45) is 0. The molecule has 0 saturated carbocycles. The monoisotopic (exact) mass is 146 g/mol. The standard InChI is InChI=1S/C7H14O3/c1-4-10-7(8)6(2)5-9-3/h6H,4-5H2,1-3H3. The fourth-order valence-electron chi connectivity index (χ4n) is 0.603. The van der Waals surface area contributed by atoms with E-state index in [2.05, 4.69) is 0 Å². The number of hydrogen-bond donors (Lipinski definition) is 0. The van der Waals surface area contributed by atoms with Crippen LogP contribution in [0.3, 0.4) is 0 Å². The minimum atomic E-state index is -0.190. The van der Waals surface area contributed by atoms with Crippen LogP contribution in [0.5, 0.6) is 0 Å². The average Bonchev–Trinajstić information content (AvgIpc) is 1.89. The van der Waals surface area contributed by atoms with Crippen molar-refractivity contribution in [1.82, 2.24) is 0 Å². The molecule has 60 valence electrons. The molecule has 3 heteroatoms. The van der Waals surface area contributed by atoms with Crippen molar-refractivity contribution in [1.29, 1.82) is 0 Å². The van der Waals surface area contributed by atoms with Crippen molar-refractivity contribution in [2.24, 2.45) is 5.92 Å². The summed E-state index contributed by atoms with van der Waals surface area (Å²) in [6, 6.07) is 0. The SMILES string of the molecule is CCOC(=O)C(C)COC. The van der Waals surface area contributed by atoms with Crippen LogP contribution in [0.2, 0.25) is 0 Å². The number of esters is 1. The van der Waals surface area contributed by atoms with E-state index in [1.807, 2.05) is 0 Å². The normalized spacial score (nSPS) is 12.7. The van der Waals surface area contributed by atoms with Crippen molar-refractivity contribution in [3.05, 3.63) is 0 Å². The molecule has 0 N–H and O–H groups in total. The molecule has 0 saturated heterocycles. The Morgan fingerprint density at radius 2 is 2.20 bits per heavy atom. The molecule has 0 spiro atoms. The lowest BCUT2D eigenvalue weighted by Gasteiger charge is -2.07. The van der Waals surface area contributed by atoms with Crippen molar-refractivity contribution in [2.45, 2.75) is 13.8 Å². The van der Waals surface area contributed by atoms with Crippen LogP contribution in [0.1, 0.15) is 13.8 Å². The van der Waals surface area contributed by atoms with Gasteiger partial charge in [-0.2, -0.15) is 0 Å². The smallest absolute Gasteiger partial charge is 0.310 e. The molecule has 0 fully saturated rings. The molecule has 0 heterocycles. The van der Waals surface area contributed by atoms with Crippen molar-refractivity contribution >= 4 is 5.97 Å². The van der Waals surface area contributed by atoms with Gasteiger partial charge in [0.15, 0.2) is 0 Å². The van der Waals surface area contributed by atoms with Crippen LogP contribution >= 0.6 is 0 Å². The molecule has 0 aliphatic carbocycles. The Hall–Kier alpha value is -0.570. The lowest BCUT2D eigenvalue weighted by molar-refractivity contribution is -0.149. The highest BCUT2D eigenvalue weighted by Gasteiger charge is 2.12. The highest BCUT2D eigenvalue weighted by atomic mass is 16.5.